The second-order valence-electron chi connectivity index (χ2n) is 13.7. The van der Waals surface area contributed by atoms with E-state index in [-0.39, 0.29) is 46.6 Å². The molecular formula is C36H38F2N4O8S2. The number of piperidine rings is 1. The molecule has 3 aromatic carbocycles. The van der Waals surface area contributed by atoms with E-state index in [1.165, 1.54) is 66.9 Å². The number of para-hydroxylation sites is 1. The lowest BCUT2D eigenvalue weighted by atomic mass is 9.89. The Balaban J connectivity index is 1.50. The number of carbonyl (C=O) groups is 2. The summed E-state index contributed by atoms with van der Waals surface area (Å²) in [6.45, 7) is 4.73. The highest BCUT2D eigenvalue weighted by molar-refractivity contribution is 7.92. The first-order valence-corrected chi connectivity index (χ1v) is 19.7. The maximum atomic E-state index is 15.2. The van der Waals surface area contributed by atoms with Crippen molar-refractivity contribution in [3.8, 4) is 11.3 Å². The molecule has 0 radical (unpaired) electrons. The lowest BCUT2D eigenvalue weighted by molar-refractivity contribution is 0.0528. The number of carbonyl (C=O) groups excluding carboxylic acids is 2. The fourth-order valence-corrected chi connectivity index (χ4v) is 8.70. The van der Waals surface area contributed by atoms with Crippen LogP contribution in [0.5, 0.6) is 0 Å². The number of nitrogens with zero attached hydrogens (tertiary/aromatic N) is 3. The monoisotopic (exact) mass is 756 g/mol. The Morgan fingerprint density at radius 3 is 2.35 bits per heavy atom. The Kier molecular flexibility index (Phi) is 9.47. The van der Waals surface area contributed by atoms with E-state index in [2.05, 4.69) is 5.32 Å². The minimum Gasteiger partial charge on any atom is -0.455 e. The van der Waals surface area contributed by atoms with Crippen molar-refractivity contribution in [2.75, 3.05) is 37.7 Å². The molecule has 6 rings (SSSR count). The number of anilines is 1. The number of halogens is 2. The number of amides is 1. The van der Waals surface area contributed by atoms with Gasteiger partial charge in [-0.15, -0.1) is 0 Å². The van der Waals surface area contributed by atoms with Crippen LogP contribution in [-0.4, -0.2) is 76.8 Å². The van der Waals surface area contributed by atoms with E-state index < -0.39 is 60.2 Å². The van der Waals surface area contributed by atoms with Gasteiger partial charge in [-0.3, -0.25) is 9.10 Å². The van der Waals surface area contributed by atoms with Gasteiger partial charge < -0.3 is 14.5 Å². The third kappa shape index (κ3) is 6.77. The van der Waals surface area contributed by atoms with Crippen LogP contribution in [0.1, 0.15) is 55.5 Å². The number of sulfonamides is 2. The molecule has 3 heterocycles. The molecular weight excluding hydrogens is 719 g/mol. The van der Waals surface area contributed by atoms with E-state index in [0.717, 1.165) is 21.2 Å². The van der Waals surface area contributed by atoms with Crippen LogP contribution in [0.3, 0.4) is 0 Å². The number of benzene rings is 3. The van der Waals surface area contributed by atoms with Crippen LogP contribution in [-0.2, 0) is 24.8 Å². The van der Waals surface area contributed by atoms with E-state index in [1.807, 2.05) is 0 Å². The average Bonchev–Trinajstić information content (AvgIpc) is 3.66. The number of aromatic nitrogens is 1. The van der Waals surface area contributed by atoms with Crippen molar-refractivity contribution < 1.29 is 44.4 Å². The Morgan fingerprint density at radius 2 is 1.71 bits per heavy atom. The molecule has 1 fully saturated rings. The van der Waals surface area contributed by atoms with Crippen molar-refractivity contribution in [3.63, 3.8) is 0 Å². The molecule has 1 unspecified atom stereocenters. The van der Waals surface area contributed by atoms with E-state index in [0.29, 0.717) is 29.4 Å². The lowest BCUT2D eigenvalue weighted by Crippen LogP contribution is -2.41. The second kappa shape index (κ2) is 13.3. The molecule has 0 aliphatic carbocycles. The zero-order valence-electron chi connectivity index (χ0n) is 29.4. The topological polar surface area (TPSA) is 148 Å². The number of nitrogens with one attached hydrogen (secondary N) is 1. The van der Waals surface area contributed by atoms with Crippen LogP contribution < -0.4 is 9.62 Å². The van der Waals surface area contributed by atoms with Crippen molar-refractivity contribution in [1.29, 1.82) is 0 Å². The van der Waals surface area contributed by atoms with Gasteiger partial charge >= 0.3 is 6.09 Å². The van der Waals surface area contributed by atoms with E-state index >= 15 is 4.39 Å². The van der Waals surface area contributed by atoms with Crippen LogP contribution in [0.15, 0.2) is 70.1 Å². The summed E-state index contributed by atoms with van der Waals surface area (Å²) < 4.78 is 98.4. The van der Waals surface area contributed by atoms with E-state index in [1.54, 1.807) is 26.8 Å². The smallest absolute Gasteiger partial charge is 0.420 e. The first-order chi connectivity index (χ1) is 24.3. The predicted molar refractivity (Wildman–Crippen MR) is 193 cm³/mol. The largest absolute Gasteiger partial charge is 0.455 e. The quantitative estimate of drug-likeness (QED) is 0.200. The standard InChI is InChI=1S/C36H38F2N4O8S2/c1-36(2,3)50-35(44)42-30(17-22-9-7-11-27(38)32(22)42)52(47,48)41-16-8-10-23(20-41)25-18-26-29(19-28(25)40(5)51(6,45)46)49-33(31(26)34(43)39-4)21-12-14-24(37)15-13-21/h7,9,11-15,17-19,23H,8,10,16,20H2,1-6H3,(H,39,43). The van der Waals surface area contributed by atoms with Crippen LogP contribution in [0.25, 0.3) is 33.2 Å². The van der Waals surface area contributed by atoms with Gasteiger partial charge in [0.15, 0.2) is 5.03 Å². The van der Waals surface area contributed by atoms with Crippen molar-refractivity contribution >= 4 is 59.6 Å². The van der Waals surface area contributed by atoms with Crippen LogP contribution >= 0.6 is 0 Å². The SMILES string of the molecule is CNC(=O)c1c(-c2ccc(F)cc2)oc2cc(N(C)S(C)(=O)=O)c(C3CCCN(S(=O)(=O)c4cc5cccc(F)c5n4C(=O)OC(C)(C)C)C3)cc12. The highest BCUT2D eigenvalue weighted by Gasteiger charge is 2.38. The molecule has 16 heteroatoms. The Bertz CT molecular complexity index is 2450. The van der Waals surface area contributed by atoms with E-state index in [4.69, 9.17) is 9.15 Å². The van der Waals surface area contributed by atoms with Gasteiger partial charge in [0.2, 0.25) is 10.0 Å². The summed E-state index contributed by atoms with van der Waals surface area (Å²) in [6, 6.07) is 13.7. The second-order valence-corrected chi connectivity index (χ2v) is 17.6. The highest BCUT2D eigenvalue weighted by atomic mass is 32.2. The molecule has 1 aliphatic heterocycles. The molecule has 276 valence electrons. The van der Waals surface area contributed by atoms with Crippen LogP contribution in [0, 0.1) is 11.6 Å². The molecule has 5 aromatic rings. The van der Waals surface area contributed by atoms with Crippen molar-refractivity contribution in [3.05, 3.63) is 83.4 Å². The number of hydrogen-bond acceptors (Lipinski definition) is 8. The molecule has 1 saturated heterocycles. The van der Waals surface area contributed by atoms with Gasteiger partial charge in [0.1, 0.15) is 28.6 Å². The van der Waals surface area contributed by atoms with Gasteiger partial charge in [-0.25, -0.2) is 35.0 Å². The summed E-state index contributed by atoms with van der Waals surface area (Å²) in [6.07, 6.45) is 0.736. The number of hydrogen-bond donors (Lipinski definition) is 1. The van der Waals surface area contributed by atoms with Gasteiger partial charge in [-0.2, -0.15) is 4.31 Å². The highest BCUT2D eigenvalue weighted by Crippen LogP contribution is 2.43. The van der Waals surface area contributed by atoms with Crippen LogP contribution in [0.2, 0.25) is 0 Å². The van der Waals surface area contributed by atoms with E-state index in [9.17, 15) is 30.8 Å². The summed E-state index contributed by atoms with van der Waals surface area (Å²) in [5.74, 6) is -2.29. The van der Waals surface area contributed by atoms with Gasteiger partial charge in [0.05, 0.1) is 23.0 Å². The van der Waals surface area contributed by atoms with Gasteiger partial charge in [0, 0.05) is 49.6 Å². The molecule has 1 N–H and O–H groups in total. The molecule has 0 bridgehead atoms. The van der Waals surface area contributed by atoms with Gasteiger partial charge in [0.25, 0.3) is 15.9 Å². The van der Waals surface area contributed by atoms with Crippen molar-refractivity contribution in [2.45, 2.75) is 50.2 Å². The summed E-state index contributed by atoms with van der Waals surface area (Å²) in [7, 11) is -5.55. The zero-order chi connectivity index (χ0) is 37.9. The minimum atomic E-state index is -4.49. The maximum absolute atomic E-state index is 15.2. The third-order valence-corrected chi connectivity index (χ3v) is 12.0. The molecule has 0 saturated carbocycles. The summed E-state index contributed by atoms with van der Waals surface area (Å²) in [4.78, 5) is 26.8. The Labute approximate surface area is 300 Å². The molecule has 12 nitrogen and oxygen atoms in total. The summed E-state index contributed by atoms with van der Waals surface area (Å²) in [5.41, 5.74) is 0.0726. The average molecular weight is 757 g/mol. The molecule has 1 amide bonds. The molecule has 1 aliphatic rings. The summed E-state index contributed by atoms with van der Waals surface area (Å²) in [5, 5.41) is 2.63. The minimum absolute atomic E-state index is 0.0561. The molecule has 0 spiro atoms. The number of ether oxygens (including phenoxy) is 1. The predicted octanol–water partition coefficient (Wildman–Crippen LogP) is 6.44. The zero-order valence-corrected chi connectivity index (χ0v) is 31.0. The van der Waals surface area contributed by atoms with Gasteiger partial charge in [-0.05, 0) is 87.6 Å². The third-order valence-electron chi connectivity index (χ3n) is 8.98. The summed E-state index contributed by atoms with van der Waals surface area (Å²) >= 11 is 0. The number of rotatable bonds is 7. The van der Waals surface area contributed by atoms with Gasteiger partial charge in [-0.1, -0.05) is 12.1 Å². The normalized spacial score (nSPS) is 16.0. The Morgan fingerprint density at radius 1 is 1.02 bits per heavy atom. The lowest BCUT2D eigenvalue weighted by Gasteiger charge is -2.34. The fourth-order valence-electron chi connectivity index (χ4n) is 6.50. The van der Waals surface area contributed by atoms with Crippen LogP contribution in [0.4, 0.5) is 19.3 Å². The Hall–Kier alpha value is -4.80. The number of fused-ring (bicyclic) bond motifs is 2. The molecule has 52 heavy (non-hydrogen) atoms. The molecule has 1 atom stereocenters. The first kappa shape index (κ1) is 37.0. The maximum Gasteiger partial charge on any atom is 0.420 e. The van der Waals surface area contributed by atoms with Crippen molar-refractivity contribution in [2.24, 2.45) is 0 Å². The van der Waals surface area contributed by atoms with Crippen molar-refractivity contribution in [1.82, 2.24) is 14.2 Å². The fraction of sp³-hybridized carbons (Fsp3) is 0.333. The first-order valence-electron chi connectivity index (χ1n) is 16.4. The number of furan rings is 1. The molecule has 2 aromatic heterocycles.